The number of furan rings is 1. The SMILES string of the molecule is Cc1cc2c(o1)CC(C)(C)CC2NC(=O)Cn1nnc2ccccc21. The number of para-hydroxylation sites is 1. The Morgan fingerprint density at radius 1 is 1.40 bits per heavy atom. The van der Waals surface area contributed by atoms with Crippen LogP contribution in [0.3, 0.4) is 0 Å². The topological polar surface area (TPSA) is 73.0 Å². The molecule has 0 spiro atoms. The maximum Gasteiger partial charge on any atom is 0.242 e. The molecule has 1 aliphatic rings. The predicted molar refractivity (Wildman–Crippen MR) is 94.0 cm³/mol. The molecule has 6 heteroatoms. The van der Waals surface area contributed by atoms with Crippen molar-refractivity contribution in [1.29, 1.82) is 0 Å². The third-order valence-electron chi connectivity index (χ3n) is 4.78. The fourth-order valence-electron chi connectivity index (χ4n) is 3.72. The van der Waals surface area contributed by atoms with Gasteiger partial charge < -0.3 is 9.73 Å². The van der Waals surface area contributed by atoms with Crippen molar-refractivity contribution in [1.82, 2.24) is 20.3 Å². The maximum absolute atomic E-state index is 12.6. The van der Waals surface area contributed by atoms with Crippen molar-refractivity contribution in [3.63, 3.8) is 0 Å². The van der Waals surface area contributed by atoms with Crippen LogP contribution in [-0.2, 0) is 17.8 Å². The summed E-state index contributed by atoms with van der Waals surface area (Å²) in [6.07, 6.45) is 1.79. The molecule has 6 nitrogen and oxygen atoms in total. The Balaban J connectivity index is 1.54. The van der Waals surface area contributed by atoms with Crippen LogP contribution in [0.25, 0.3) is 11.0 Å². The Bertz CT molecular complexity index is 938. The number of aromatic nitrogens is 3. The maximum atomic E-state index is 12.6. The Hall–Kier alpha value is -2.63. The van der Waals surface area contributed by atoms with Crippen LogP contribution in [0.4, 0.5) is 0 Å². The molecule has 1 atom stereocenters. The number of nitrogens with one attached hydrogen (secondary N) is 1. The number of fused-ring (bicyclic) bond motifs is 2. The highest BCUT2D eigenvalue weighted by atomic mass is 16.3. The van der Waals surface area contributed by atoms with Crippen molar-refractivity contribution in [2.75, 3.05) is 0 Å². The highest BCUT2D eigenvalue weighted by molar-refractivity contribution is 5.80. The standard InChI is InChI=1S/C19H22N4O2/c1-12-8-13-15(9-19(2,3)10-17(13)25-12)20-18(24)11-23-16-7-5-4-6-14(16)21-22-23/h4-8,15H,9-11H2,1-3H3,(H,20,24). The molecule has 2 aromatic heterocycles. The Morgan fingerprint density at radius 3 is 3.04 bits per heavy atom. The molecular formula is C19H22N4O2. The van der Waals surface area contributed by atoms with Gasteiger partial charge in [-0.05, 0) is 37.0 Å². The second kappa shape index (κ2) is 5.72. The highest BCUT2D eigenvalue weighted by Crippen LogP contribution is 2.41. The summed E-state index contributed by atoms with van der Waals surface area (Å²) in [5.74, 6) is 1.82. The van der Waals surface area contributed by atoms with E-state index in [1.54, 1.807) is 4.68 Å². The molecule has 25 heavy (non-hydrogen) atoms. The van der Waals surface area contributed by atoms with Crippen LogP contribution in [0, 0.1) is 12.3 Å². The molecule has 0 fully saturated rings. The number of hydrogen-bond acceptors (Lipinski definition) is 4. The molecule has 130 valence electrons. The van der Waals surface area contributed by atoms with Crippen LogP contribution in [0.2, 0.25) is 0 Å². The molecule has 0 bridgehead atoms. The van der Waals surface area contributed by atoms with Crippen molar-refractivity contribution in [3.8, 4) is 0 Å². The fourth-order valence-corrected chi connectivity index (χ4v) is 3.72. The lowest BCUT2D eigenvalue weighted by atomic mass is 9.74. The number of carbonyl (C=O) groups excluding carboxylic acids is 1. The van der Waals surface area contributed by atoms with E-state index in [1.807, 2.05) is 37.3 Å². The number of benzene rings is 1. The minimum Gasteiger partial charge on any atom is -0.466 e. The molecular weight excluding hydrogens is 316 g/mol. The largest absolute Gasteiger partial charge is 0.466 e. The lowest BCUT2D eigenvalue weighted by Crippen LogP contribution is -2.37. The van der Waals surface area contributed by atoms with E-state index in [2.05, 4.69) is 29.5 Å². The van der Waals surface area contributed by atoms with Crippen LogP contribution in [-0.4, -0.2) is 20.9 Å². The molecule has 1 N–H and O–H groups in total. The van der Waals surface area contributed by atoms with E-state index >= 15 is 0 Å². The molecule has 2 heterocycles. The number of nitrogens with zero attached hydrogens (tertiary/aromatic N) is 3. The zero-order chi connectivity index (χ0) is 17.6. The molecule has 3 aromatic rings. The Labute approximate surface area is 146 Å². The van der Waals surface area contributed by atoms with Crippen LogP contribution < -0.4 is 5.32 Å². The molecule has 0 radical (unpaired) electrons. The Morgan fingerprint density at radius 2 is 2.20 bits per heavy atom. The summed E-state index contributed by atoms with van der Waals surface area (Å²) in [6.45, 7) is 6.52. The first-order chi connectivity index (χ1) is 11.9. The minimum atomic E-state index is -0.0665. The van der Waals surface area contributed by atoms with E-state index in [0.29, 0.717) is 0 Å². The van der Waals surface area contributed by atoms with E-state index in [4.69, 9.17) is 4.42 Å². The van der Waals surface area contributed by atoms with Crippen LogP contribution in [0.15, 0.2) is 34.7 Å². The first-order valence-electron chi connectivity index (χ1n) is 8.58. The number of hydrogen-bond donors (Lipinski definition) is 1. The van der Waals surface area contributed by atoms with Crippen LogP contribution in [0.5, 0.6) is 0 Å². The number of amides is 1. The average Bonchev–Trinajstić information content (AvgIpc) is 3.10. The molecule has 1 aromatic carbocycles. The molecule has 1 unspecified atom stereocenters. The molecule has 1 aliphatic carbocycles. The summed E-state index contributed by atoms with van der Waals surface area (Å²) in [5.41, 5.74) is 2.85. The van der Waals surface area contributed by atoms with Gasteiger partial charge in [0.1, 0.15) is 23.6 Å². The second-order valence-electron chi connectivity index (χ2n) is 7.64. The summed E-state index contributed by atoms with van der Waals surface area (Å²) in [6, 6.07) is 9.66. The summed E-state index contributed by atoms with van der Waals surface area (Å²) < 4.78 is 7.48. The Kier molecular flexibility index (Phi) is 3.63. The van der Waals surface area contributed by atoms with Gasteiger partial charge in [-0.25, -0.2) is 4.68 Å². The summed E-state index contributed by atoms with van der Waals surface area (Å²) in [7, 11) is 0. The van der Waals surface area contributed by atoms with Gasteiger partial charge in [0, 0.05) is 12.0 Å². The second-order valence-corrected chi connectivity index (χ2v) is 7.64. The first kappa shape index (κ1) is 15.9. The van der Waals surface area contributed by atoms with E-state index in [-0.39, 0.29) is 23.9 Å². The number of aryl methyl sites for hydroxylation is 1. The van der Waals surface area contributed by atoms with Gasteiger partial charge in [0.25, 0.3) is 0 Å². The molecule has 1 amide bonds. The van der Waals surface area contributed by atoms with Gasteiger partial charge in [-0.3, -0.25) is 4.79 Å². The fraction of sp³-hybridized carbons (Fsp3) is 0.421. The zero-order valence-corrected chi connectivity index (χ0v) is 14.7. The van der Waals surface area contributed by atoms with Gasteiger partial charge in [-0.15, -0.1) is 5.10 Å². The molecule has 0 saturated heterocycles. The van der Waals surface area contributed by atoms with E-state index < -0.39 is 0 Å². The minimum absolute atomic E-state index is 0.0292. The lowest BCUT2D eigenvalue weighted by Gasteiger charge is -2.34. The van der Waals surface area contributed by atoms with Crippen molar-refractivity contribution in [2.24, 2.45) is 5.41 Å². The summed E-state index contributed by atoms with van der Waals surface area (Å²) in [4.78, 5) is 12.6. The van der Waals surface area contributed by atoms with E-state index in [1.165, 1.54) is 0 Å². The molecule has 4 rings (SSSR count). The number of rotatable bonds is 3. The third-order valence-corrected chi connectivity index (χ3v) is 4.78. The van der Waals surface area contributed by atoms with Crippen molar-refractivity contribution >= 4 is 16.9 Å². The van der Waals surface area contributed by atoms with E-state index in [0.717, 1.165) is 41.0 Å². The quantitative estimate of drug-likeness (QED) is 0.796. The van der Waals surface area contributed by atoms with Crippen LogP contribution >= 0.6 is 0 Å². The van der Waals surface area contributed by atoms with Crippen molar-refractivity contribution in [2.45, 2.75) is 46.2 Å². The molecule has 0 saturated carbocycles. The third kappa shape index (κ3) is 3.04. The average molecular weight is 338 g/mol. The zero-order valence-electron chi connectivity index (χ0n) is 14.7. The van der Waals surface area contributed by atoms with Gasteiger partial charge in [0.15, 0.2) is 0 Å². The normalized spacial score (nSPS) is 18.9. The monoisotopic (exact) mass is 338 g/mol. The van der Waals surface area contributed by atoms with E-state index in [9.17, 15) is 4.79 Å². The summed E-state index contributed by atoms with van der Waals surface area (Å²) in [5, 5.41) is 11.4. The highest BCUT2D eigenvalue weighted by Gasteiger charge is 2.35. The van der Waals surface area contributed by atoms with Gasteiger partial charge in [-0.1, -0.05) is 31.2 Å². The van der Waals surface area contributed by atoms with Gasteiger partial charge in [0.05, 0.1) is 11.6 Å². The first-order valence-corrected chi connectivity index (χ1v) is 8.58. The van der Waals surface area contributed by atoms with Gasteiger partial charge in [-0.2, -0.15) is 0 Å². The lowest BCUT2D eigenvalue weighted by molar-refractivity contribution is -0.122. The van der Waals surface area contributed by atoms with Gasteiger partial charge in [0.2, 0.25) is 5.91 Å². The predicted octanol–water partition coefficient (Wildman–Crippen LogP) is 3.16. The smallest absolute Gasteiger partial charge is 0.242 e. The van der Waals surface area contributed by atoms with Crippen LogP contribution in [0.1, 0.15) is 43.4 Å². The molecule has 0 aliphatic heterocycles. The van der Waals surface area contributed by atoms with Crippen molar-refractivity contribution < 1.29 is 9.21 Å². The number of carbonyl (C=O) groups is 1. The van der Waals surface area contributed by atoms with Gasteiger partial charge >= 0.3 is 0 Å². The van der Waals surface area contributed by atoms with Crippen molar-refractivity contribution in [3.05, 3.63) is 47.4 Å². The summed E-state index contributed by atoms with van der Waals surface area (Å²) >= 11 is 0.